The Balaban J connectivity index is 2.31. The number of hydrogen-bond donors (Lipinski definition) is 1. The van der Waals surface area contributed by atoms with Crippen molar-refractivity contribution >= 4 is 5.91 Å². The Kier molecular flexibility index (Phi) is 7.64. The van der Waals surface area contributed by atoms with Crippen molar-refractivity contribution < 1.29 is 9.53 Å². The summed E-state index contributed by atoms with van der Waals surface area (Å²) in [5, 5.41) is 2.97. The van der Waals surface area contributed by atoms with E-state index in [-0.39, 0.29) is 17.9 Å². The van der Waals surface area contributed by atoms with E-state index < -0.39 is 0 Å². The summed E-state index contributed by atoms with van der Waals surface area (Å²) in [6.45, 7) is 12.0. The molecule has 1 heterocycles. The summed E-state index contributed by atoms with van der Waals surface area (Å²) in [6.07, 6.45) is 0.950. The fraction of sp³-hybridized carbons (Fsp3) is 0.812. The Bertz CT molecular complexity index is 357. The minimum absolute atomic E-state index is 0.0756. The van der Waals surface area contributed by atoms with Gasteiger partial charge in [-0.1, -0.05) is 39.5 Å². The second-order valence-electron chi connectivity index (χ2n) is 5.76. The molecule has 20 heavy (non-hydrogen) atoms. The third-order valence-electron chi connectivity index (χ3n) is 3.48. The van der Waals surface area contributed by atoms with E-state index >= 15 is 0 Å². The summed E-state index contributed by atoms with van der Waals surface area (Å²) in [5.41, 5.74) is 0. The molecule has 1 aliphatic rings. The van der Waals surface area contributed by atoms with Gasteiger partial charge in [0.1, 0.15) is 0 Å². The van der Waals surface area contributed by atoms with Crippen molar-refractivity contribution in [3.8, 4) is 11.8 Å². The van der Waals surface area contributed by atoms with Crippen LogP contribution in [-0.2, 0) is 9.53 Å². The quantitative estimate of drug-likeness (QED) is 0.776. The van der Waals surface area contributed by atoms with Crippen molar-refractivity contribution in [3.63, 3.8) is 0 Å². The highest BCUT2D eigenvalue weighted by atomic mass is 16.5. The van der Waals surface area contributed by atoms with E-state index in [2.05, 4.69) is 35.9 Å². The molecular weight excluding hydrogens is 252 g/mol. The predicted octanol–water partition coefficient (Wildman–Crippen LogP) is 1.51. The monoisotopic (exact) mass is 280 g/mol. The van der Waals surface area contributed by atoms with Gasteiger partial charge in [-0.3, -0.25) is 9.69 Å². The van der Waals surface area contributed by atoms with Gasteiger partial charge in [0.25, 0.3) is 0 Å². The molecule has 1 aliphatic heterocycles. The maximum absolute atomic E-state index is 11.7. The van der Waals surface area contributed by atoms with Crippen LogP contribution in [0.1, 0.15) is 34.1 Å². The summed E-state index contributed by atoms with van der Waals surface area (Å²) in [5.74, 6) is 6.99. The zero-order chi connectivity index (χ0) is 15.0. The van der Waals surface area contributed by atoms with E-state index in [0.29, 0.717) is 19.1 Å². The molecule has 4 heteroatoms. The first kappa shape index (κ1) is 17.0. The molecule has 1 rings (SSSR count). The zero-order valence-electron chi connectivity index (χ0n) is 13.2. The van der Waals surface area contributed by atoms with E-state index in [1.54, 1.807) is 0 Å². The lowest BCUT2D eigenvalue weighted by atomic mass is 10.1. The van der Waals surface area contributed by atoms with Crippen molar-refractivity contribution in [2.24, 2.45) is 11.8 Å². The molecule has 1 N–H and O–H groups in total. The van der Waals surface area contributed by atoms with Gasteiger partial charge in [0, 0.05) is 31.5 Å². The third kappa shape index (κ3) is 6.40. The number of amides is 1. The van der Waals surface area contributed by atoms with Gasteiger partial charge < -0.3 is 10.1 Å². The number of hydrogen-bond acceptors (Lipinski definition) is 3. The highest BCUT2D eigenvalue weighted by molar-refractivity contribution is 5.78. The number of carbonyl (C=O) groups is 1. The Morgan fingerprint density at radius 1 is 1.45 bits per heavy atom. The average molecular weight is 280 g/mol. The molecule has 0 radical (unpaired) electrons. The van der Waals surface area contributed by atoms with Crippen LogP contribution in [-0.4, -0.2) is 49.7 Å². The van der Waals surface area contributed by atoms with E-state index in [4.69, 9.17) is 4.74 Å². The SMILES string of the molecule is CCC(C)C(=O)NC[C@@H]1CN(CC#CC(C)C)CCO1. The molecule has 0 saturated carbocycles. The Hall–Kier alpha value is -1.05. The maximum atomic E-state index is 11.7. The molecular formula is C16H28N2O2. The predicted molar refractivity (Wildman–Crippen MR) is 81.3 cm³/mol. The Morgan fingerprint density at radius 3 is 2.85 bits per heavy atom. The van der Waals surface area contributed by atoms with Crippen molar-refractivity contribution in [1.82, 2.24) is 10.2 Å². The number of rotatable bonds is 5. The van der Waals surface area contributed by atoms with Gasteiger partial charge in [0.15, 0.2) is 0 Å². The maximum Gasteiger partial charge on any atom is 0.222 e. The summed E-state index contributed by atoms with van der Waals surface area (Å²) >= 11 is 0. The van der Waals surface area contributed by atoms with Crippen LogP contribution in [0, 0.1) is 23.7 Å². The Morgan fingerprint density at radius 2 is 2.20 bits per heavy atom. The van der Waals surface area contributed by atoms with Crippen LogP contribution in [0.3, 0.4) is 0 Å². The molecule has 0 aromatic carbocycles. The van der Waals surface area contributed by atoms with Gasteiger partial charge in [-0.25, -0.2) is 0 Å². The summed E-state index contributed by atoms with van der Waals surface area (Å²) in [4.78, 5) is 14.0. The van der Waals surface area contributed by atoms with Gasteiger partial charge in [-0.2, -0.15) is 0 Å². The number of carbonyl (C=O) groups excluding carboxylic acids is 1. The van der Waals surface area contributed by atoms with Gasteiger partial charge in [-0.05, 0) is 6.42 Å². The van der Waals surface area contributed by atoms with Crippen LogP contribution in [0.25, 0.3) is 0 Å². The number of nitrogens with one attached hydrogen (secondary N) is 1. The van der Waals surface area contributed by atoms with Crippen LogP contribution in [0.4, 0.5) is 0 Å². The van der Waals surface area contributed by atoms with Crippen LogP contribution >= 0.6 is 0 Å². The van der Waals surface area contributed by atoms with Crippen LogP contribution in [0.5, 0.6) is 0 Å². The molecule has 0 aromatic rings. The highest BCUT2D eigenvalue weighted by Crippen LogP contribution is 2.05. The first-order valence-electron chi connectivity index (χ1n) is 7.63. The van der Waals surface area contributed by atoms with Crippen LogP contribution in [0.2, 0.25) is 0 Å². The van der Waals surface area contributed by atoms with Crippen molar-refractivity contribution in [1.29, 1.82) is 0 Å². The third-order valence-corrected chi connectivity index (χ3v) is 3.48. The molecule has 2 atom stereocenters. The zero-order valence-corrected chi connectivity index (χ0v) is 13.2. The van der Waals surface area contributed by atoms with E-state index in [0.717, 1.165) is 26.1 Å². The lowest BCUT2D eigenvalue weighted by Gasteiger charge is -2.31. The highest BCUT2D eigenvalue weighted by Gasteiger charge is 2.21. The first-order valence-corrected chi connectivity index (χ1v) is 7.63. The number of nitrogens with zero attached hydrogens (tertiary/aromatic N) is 1. The molecule has 1 fully saturated rings. The molecule has 0 aliphatic carbocycles. The fourth-order valence-electron chi connectivity index (χ4n) is 1.98. The molecule has 1 amide bonds. The van der Waals surface area contributed by atoms with Crippen molar-refractivity contribution in [2.75, 3.05) is 32.8 Å². The van der Waals surface area contributed by atoms with Crippen molar-refractivity contribution in [2.45, 2.75) is 40.2 Å². The van der Waals surface area contributed by atoms with E-state index in [1.165, 1.54) is 0 Å². The lowest BCUT2D eigenvalue weighted by molar-refractivity contribution is -0.125. The molecule has 0 bridgehead atoms. The van der Waals surface area contributed by atoms with Gasteiger partial charge >= 0.3 is 0 Å². The largest absolute Gasteiger partial charge is 0.374 e. The van der Waals surface area contributed by atoms with Crippen LogP contribution in [0.15, 0.2) is 0 Å². The second-order valence-corrected chi connectivity index (χ2v) is 5.76. The summed E-state index contributed by atoms with van der Waals surface area (Å²) < 4.78 is 5.69. The normalized spacial score (nSPS) is 21.1. The molecule has 0 spiro atoms. The van der Waals surface area contributed by atoms with Gasteiger partial charge in [0.05, 0.1) is 19.3 Å². The van der Waals surface area contributed by atoms with Crippen LogP contribution < -0.4 is 5.32 Å². The molecule has 0 aromatic heterocycles. The molecule has 114 valence electrons. The standard InChI is InChI=1S/C16H28N2O2/c1-5-14(4)16(19)17-11-15-12-18(9-10-20-15)8-6-7-13(2)3/h13-15H,5,8-12H2,1-4H3,(H,17,19)/t14?,15-/m1/s1. The van der Waals surface area contributed by atoms with Gasteiger partial charge in [-0.15, -0.1) is 0 Å². The topological polar surface area (TPSA) is 41.6 Å². The Labute approximate surface area is 123 Å². The first-order chi connectivity index (χ1) is 9.52. The summed E-state index contributed by atoms with van der Waals surface area (Å²) in [7, 11) is 0. The second kappa shape index (κ2) is 8.99. The minimum Gasteiger partial charge on any atom is -0.374 e. The van der Waals surface area contributed by atoms with E-state index in [1.807, 2.05) is 13.8 Å². The lowest BCUT2D eigenvalue weighted by Crippen LogP contribution is -2.48. The van der Waals surface area contributed by atoms with Gasteiger partial charge in [0.2, 0.25) is 5.91 Å². The number of morpholine rings is 1. The fourth-order valence-corrected chi connectivity index (χ4v) is 1.98. The molecule has 1 unspecified atom stereocenters. The number of ether oxygens (including phenoxy) is 1. The van der Waals surface area contributed by atoms with Crippen molar-refractivity contribution in [3.05, 3.63) is 0 Å². The summed E-state index contributed by atoms with van der Waals surface area (Å²) in [6, 6.07) is 0. The smallest absolute Gasteiger partial charge is 0.222 e. The molecule has 1 saturated heterocycles. The average Bonchev–Trinajstić information content (AvgIpc) is 2.44. The minimum atomic E-state index is 0.0756. The van der Waals surface area contributed by atoms with E-state index in [9.17, 15) is 4.79 Å². The molecule has 4 nitrogen and oxygen atoms in total.